The predicted molar refractivity (Wildman–Crippen MR) is 71.9 cm³/mol. The van der Waals surface area contributed by atoms with Gasteiger partial charge in [-0.2, -0.15) is 0 Å². The fourth-order valence-electron chi connectivity index (χ4n) is 1.11. The number of carbonyl (C=O) groups excluding carboxylic acids is 1. The van der Waals surface area contributed by atoms with Crippen molar-refractivity contribution in [3.8, 4) is 0 Å². The van der Waals surface area contributed by atoms with Crippen molar-refractivity contribution in [2.45, 2.75) is 0 Å². The van der Waals surface area contributed by atoms with Crippen LogP contribution in [0, 0.1) is 0 Å². The normalized spacial score (nSPS) is 8.82. The third-order valence-corrected chi connectivity index (χ3v) is 2.46. The molecule has 88 valence electrons. The predicted octanol–water partition coefficient (Wildman–Crippen LogP) is 3.92. The molecule has 2 aromatic rings. The number of rotatable bonds is 1. The maximum absolute atomic E-state index is 10.8. The van der Waals surface area contributed by atoms with E-state index in [1.807, 2.05) is 36.4 Å². The number of hydrogen-bond acceptors (Lipinski definition) is 2. The van der Waals surface area contributed by atoms with E-state index in [1.54, 1.807) is 24.3 Å². The zero-order valence-electron chi connectivity index (χ0n) is 9.47. The molecule has 0 aromatic heterocycles. The van der Waals surface area contributed by atoms with Gasteiger partial charge in [0.25, 0.3) is 0 Å². The van der Waals surface area contributed by atoms with E-state index in [4.69, 9.17) is 0 Å². The molecule has 2 aromatic carbocycles. The van der Waals surface area contributed by atoms with Crippen LogP contribution in [-0.2, 0) is 4.74 Å². The minimum absolute atomic E-state index is 0.291. The van der Waals surface area contributed by atoms with Gasteiger partial charge >= 0.3 is 5.97 Å². The Morgan fingerprint density at radius 3 is 1.76 bits per heavy atom. The Labute approximate surface area is 109 Å². The molecule has 0 spiro atoms. The third kappa shape index (κ3) is 5.31. The fourth-order valence-corrected chi connectivity index (χ4v) is 1.41. The van der Waals surface area contributed by atoms with Crippen LogP contribution in [0.2, 0.25) is 0 Å². The van der Waals surface area contributed by atoms with Gasteiger partial charge in [-0.15, -0.1) is 0 Å². The summed E-state index contributed by atoms with van der Waals surface area (Å²) in [5.41, 5.74) is 0.588. The number of halogens is 1. The molecule has 2 rings (SSSR count). The molecule has 0 saturated carbocycles. The van der Waals surface area contributed by atoms with E-state index in [9.17, 15) is 4.79 Å². The Morgan fingerprint density at radius 1 is 0.941 bits per heavy atom. The van der Waals surface area contributed by atoms with E-state index in [1.165, 1.54) is 7.11 Å². The molecule has 0 aliphatic rings. The maximum atomic E-state index is 10.8. The summed E-state index contributed by atoms with van der Waals surface area (Å²) in [6, 6.07) is 18.8. The van der Waals surface area contributed by atoms with Crippen molar-refractivity contribution in [2.24, 2.45) is 0 Å². The molecule has 0 aliphatic carbocycles. The van der Waals surface area contributed by atoms with Crippen molar-refractivity contribution >= 4 is 21.9 Å². The van der Waals surface area contributed by atoms with Crippen LogP contribution in [0.15, 0.2) is 65.1 Å². The number of ether oxygens (including phenoxy) is 1. The lowest BCUT2D eigenvalue weighted by atomic mass is 10.2. The first-order valence-corrected chi connectivity index (χ1v) is 5.87. The number of methoxy groups -OCH3 is 1. The molecule has 0 saturated heterocycles. The first-order valence-electron chi connectivity index (χ1n) is 5.08. The highest BCUT2D eigenvalue weighted by atomic mass is 79.9. The molecule has 3 heteroatoms. The lowest BCUT2D eigenvalue weighted by Gasteiger charge is -1.95. The molecule has 17 heavy (non-hydrogen) atoms. The molecular weight excluding hydrogens is 280 g/mol. The van der Waals surface area contributed by atoms with Crippen LogP contribution in [-0.4, -0.2) is 13.1 Å². The summed E-state index contributed by atoms with van der Waals surface area (Å²) in [7, 11) is 1.37. The van der Waals surface area contributed by atoms with Gasteiger partial charge in [0.15, 0.2) is 0 Å². The van der Waals surface area contributed by atoms with Gasteiger partial charge in [-0.25, -0.2) is 4.79 Å². The second-order valence-electron chi connectivity index (χ2n) is 3.15. The first-order chi connectivity index (χ1) is 8.24. The van der Waals surface area contributed by atoms with Gasteiger partial charge in [-0.05, 0) is 24.3 Å². The van der Waals surface area contributed by atoms with Crippen molar-refractivity contribution in [3.63, 3.8) is 0 Å². The van der Waals surface area contributed by atoms with E-state index in [0.717, 1.165) is 4.47 Å². The molecule has 0 bridgehead atoms. The second-order valence-corrected chi connectivity index (χ2v) is 4.07. The number of esters is 1. The number of hydrogen-bond donors (Lipinski definition) is 0. The summed E-state index contributed by atoms with van der Waals surface area (Å²) < 4.78 is 5.63. The van der Waals surface area contributed by atoms with E-state index in [0.29, 0.717) is 5.56 Å². The molecule has 0 radical (unpaired) electrons. The average molecular weight is 293 g/mol. The van der Waals surface area contributed by atoms with Crippen LogP contribution in [0.4, 0.5) is 0 Å². The Kier molecular flexibility index (Phi) is 6.04. The van der Waals surface area contributed by atoms with Crippen LogP contribution in [0.1, 0.15) is 10.4 Å². The molecule has 0 fully saturated rings. The van der Waals surface area contributed by atoms with Gasteiger partial charge in [0.1, 0.15) is 0 Å². The van der Waals surface area contributed by atoms with Crippen molar-refractivity contribution in [1.29, 1.82) is 0 Å². The first kappa shape index (κ1) is 13.5. The molecule has 0 N–H and O–H groups in total. The highest BCUT2D eigenvalue weighted by Gasteiger charge is 2.00. The maximum Gasteiger partial charge on any atom is 0.337 e. The van der Waals surface area contributed by atoms with Crippen LogP contribution < -0.4 is 0 Å². The zero-order valence-corrected chi connectivity index (χ0v) is 11.1. The largest absolute Gasteiger partial charge is 0.465 e. The Hall–Kier alpha value is -1.61. The Balaban J connectivity index is 0.000000181. The lowest BCUT2D eigenvalue weighted by molar-refractivity contribution is 0.0601. The van der Waals surface area contributed by atoms with E-state index in [2.05, 4.69) is 20.7 Å². The molecule has 0 atom stereocenters. The number of benzene rings is 2. The van der Waals surface area contributed by atoms with Gasteiger partial charge < -0.3 is 4.74 Å². The van der Waals surface area contributed by atoms with Gasteiger partial charge in [0.2, 0.25) is 0 Å². The quantitative estimate of drug-likeness (QED) is 0.745. The Morgan fingerprint density at radius 2 is 1.41 bits per heavy atom. The molecule has 0 unspecified atom stereocenters. The van der Waals surface area contributed by atoms with Crippen LogP contribution >= 0.6 is 15.9 Å². The molecular formula is C14H13BrO2. The van der Waals surface area contributed by atoms with E-state index >= 15 is 0 Å². The molecule has 0 heterocycles. The van der Waals surface area contributed by atoms with E-state index in [-0.39, 0.29) is 5.97 Å². The highest BCUT2D eigenvalue weighted by molar-refractivity contribution is 9.10. The third-order valence-electron chi connectivity index (χ3n) is 1.93. The summed E-state index contributed by atoms with van der Waals surface area (Å²) in [6.45, 7) is 0. The van der Waals surface area contributed by atoms with E-state index < -0.39 is 0 Å². The summed E-state index contributed by atoms with van der Waals surface area (Å²) in [5.74, 6) is -0.291. The van der Waals surface area contributed by atoms with Gasteiger partial charge in [-0.1, -0.05) is 52.3 Å². The standard InChI is InChI=1S/C8H8O2.C6H5Br/c1-10-8(9)7-5-3-2-4-6-7;7-6-4-2-1-3-5-6/h2-6H,1H3;1-5H. The highest BCUT2D eigenvalue weighted by Crippen LogP contribution is 2.05. The van der Waals surface area contributed by atoms with Crippen molar-refractivity contribution in [1.82, 2.24) is 0 Å². The minimum Gasteiger partial charge on any atom is -0.465 e. The molecule has 0 amide bonds. The second kappa shape index (κ2) is 7.63. The molecule has 0 aliphatic heterocycles. The van der Waals surface area contributed by atoms with Gasteiger partial charge in [0.05, 0.1) is 12.7 Å². The van der Waals surface area contributed by atoms with Crippen molar-refractivity contribution in [3.05, 3.63) is 70.7 Å². The number of carbonyl (C=O) groups is 1. The minimum atomic E-state index is -0.291. The average Bonchev–Trinajstić information content (AvgIpc) is 2.40. The van der Waals surface area contributed by atoms with Crippen LogP contribution in [0.25, 0.3) is 0 Å². The summed E-state index contributed by atoms with van der Waals surface area (Å²) in [6.07, 6.45) is 0. The van der Waals surface area contributed by atoms with Gasteiger partial charge in [-0.3, -0.25) is 0 Å². The zero-order chi connectivity index (χ0) is 12.5. The smallest absolute Gasteiger partial charge is 0.337 e. The monoisotopic (exact) mass is 292 g/mol. The lowest BCUT2D eigenvalue weighted by Crippen LogP contribution is -1.99. The van der Waals surface area contributed by atoms with Crippen LogP contribution in [0.5, 0.6) is 0 Å². The summed E-state index contributed by atoms with van der Waals surface area (Å²) in [5, 5.41) is 0. The summed E-state index contributed by atoms with van der Waals surface area (Å²) in [4.78, 5) is 10.8. The molecule has 2 nitrogen and oxygen atoms in total. The summed E-state index contributed by atoms with van der Waals surface area (Å²) >= 11 is 3.31. The Bertz CT molecular complexity index is 440. The van der Waals surface area contributed by atoms with Crippen LogP contribution in [0.3, 0.4) is 0 Å². The SMILES string of the molecule is Brc1ccccc1.COC(=O)c1ccccc1. The van der Waals surface area contributed by atoms with Gasteiger partial charge in [0, 0.05) is 4.47 Å². The van der Waals surface area contributed by atoms with Crippen molar-refractivity contribution < 1.29 is 9.53 Å². The van der Waals surface area contributed by atoms with Crippen molar-refractivity contribution in [2.75, 3.05) is 7.11 Å². The fraction of sp³-hybridized carbons (Fsp3) is 0.0714. The topological polar surface area (TPSA) is 26.3 Å².